The first-order valence-corrected chi connectivity index (χ1v) is 8.36. The maximum Gasteiger partial charge on any atom is 0.140 e. The molecule has 1 fully saturated rings. The summed E-state index contributed by atoms with van der Waals surface area (Å²) in [5.74, 6) is 6.86. The Morgan fingerprint density at radius 1 is 1.24 bits per heavy atom. The average Bonchev–Trinajstić information content (AvgIpc) is 2.57. The molecule has 1 unspecified atom stereocenters. The van der Waals surface area contributed by atoms with Crippen molar-refractivity contribution in [3.63, 3.8) is 0 Å². The molecule has 110 valence electrons. The molecule has 1 saturated heterocycles. The number of pyridine rings is 1. The second kappa shape index (κ2) is 7.43. The molecule has 2 nitrogen and oxygen atoms in total. The monoisotopic (exact) mass is 281 g/mol. The van der Waals surface area contributed by atoms with Gasteiger partial charge in [0.2, 0.25) is 0 Å². The zero-order valence-corrected chi connectivity index (χ0v) is 12.8. The van der Waals surface area contributed by atoms with E-state index in [1.165, 1.54) is 62.6 Å². The number of quaternary nitrogens is 1. The summed E-state index contributed by atoms with van der Waals surface area (Å²) in [6, 6.07) is 4.86. The van der Waals surface area contributed by atoms with E-state index in [0.717, 1.165) is 6.54 Å². The Bertz CT molecular complexity index is 536. The molecule has 0 saturated carbocycles. The lowest BCUT2D eigenvalue weighted by Crippen LogP contribution is -3.13. The Kier molecular flexibility index (Phi) is 5.08. The molecular formula is C19H25N2+. The van der Waals surface area contributed by atoms with Gasteiger partial charge >= 0.3 is 0 Å². The van der Waals surface area contributed by atoms with Crippen LogP contribution in [0.5, 0.6) is 0 Å². The summed E-state index contributed by atoms with van der Waals surface area (Å²) in [7, 11) is 0. The quantitative estimate of drug-likeness (QED) is 0.825. The van der Waals surface area contributed by atoms with Gasteiger partial charge in [0.1, 0.15) is 12.6 Å². The number of nitrogens with zero attached hydrogens (tertiary/aromatic N) is 1. The molecule has 2 aliphatic rings. The van der Waals surface area contributed by atoms with Gasteiger partial charge in [-0.3, -0.25) is 4.98 Å². The molecular weight excluding hydrogens is 256 g/mol. The zero-order chi connectivity index (χ0) is 14.3. The smallest absolute Gasteiger partial charge is 0.140 e. The van der Waals surface area contributed by atoms with Crippen molar-refractivity contribution in [2.75, 3.05) is 13.1 Å². The fraction of sp³-hybridized carbons (Fsp3) is 0.526. The Morgan fingerprint density at radius 2 is 2.24 bits per heavy atom. The summed E-state index contributed by atoms with van der Waals surface area (Å²) in [6.45, 7) is 2.21. The minimum Gasteiger partial charge on any atom is -0.319 e. The van der Waals surface area contributed by atoms with Crippen LogP contribution in [0.3, 0.4) is 0 Å². The molecule has 0 spiro atoms. The van der Waals surface area contributed by atoms with E-state index in [0.29, 0.717) is 6.04 Å². The lowest BCUT2D eigenvalue weighted by atomic mass is 9.96. The van der Waals surface area contributed by atoms with Crippen molar-refractivity contribution < 1.29 is 4.90 Å². The molecule has 3 rings (SSSR count). The minimum absolute atomic E-state index is 0.585. The summed E-state index contributed by atoms with van der Waals surface area (Å²) < 4.78 is 0. The third-order valence-electron chi connectivity index (χ3n) is 4.68. The normalized spacial score (nSPS) is 25.6. The van der Waals surface area contributed by atoms with Crippen LogP contribution in [-0.2, 0) is 0 Å². The highest BCUT2D eigenvalue weighted by molar-refractivity contribution is 5.29. The van der Waals surface area contributed by atoms with Gasteiger partial charge in [0, 0.05) is 24.4 Å². The van der Waals surface area contributed by atoms with Crippen molar-refractivity contribution >= 4 is 0 Å². The highest BCUT2D eigenvalue weighted by Crippen LogP contribution is 2.18. The standard InChI is InChI=1S/C19H24N2/c1-2-8-17(9-3-1)10-7-15-21-14-5-4-12-19(21)18-11-6-13-20-16-18/h6,8,11,13,16,19H,1-5,9,12,14-15H2/p+1/t19-/m0/s1. The van der Waals surface area contributed by atoms with E-state index < -0.39 is 0 Å². The number of aromatic nitrogens is 1. The molecule has 0 radical (unpaired) electrons. The summed E-state index contributed by atoms with van der Waals surface area (Å²) in [5.41, 5.74) is 2.75. The van der Waals surface area contributed by atoms with Gasteiger partial charge in [-0.05, 0) is 56.1 Å². The van der Waals surface area contributed by atoms with Gasteiger partial charge in [0.05, 0.1) is 6.54 Å². The van der Waals surface area contributed by atoms with Crippen LogP contribution in [0.2, 0.25) is 0 Å². The van der Waals surface area contributed by atoms with E-state index in [1.54, 1.807) is 4.90 Å². The van der Waals surface area contributed by atoms with Crippen molar-refractivity contribution in [1.82, 2.24) is 4.98 Å². The largest absolute Gasteiger partial charge is 0.319 e. The highest BCUT2D eigenvalue weighted by atomic mass is 15.2. The molecule has 2 heterocycles. The van der Waals surface area contributed by atoms with Gasteiger partial charge in [0.15, 0.2) is 0 Å². The Morgan fingerprint density at radius 3 is 3.05 bits per heavy atom. The number of nitrogens with one attached hydrogen (secondary N) is 1. The molecule has 1 aromatic rings. The molecule has 1 aliphatic heterocycles. The zero-order valence-electron chi connectivity index (χ0n) is 12.8. The number of allylic oxidation sites excluding steroid dienone is 2. The molecule has 2 heteroatoms. The highest BCUT2D eigenvalue weighted by Gasteiger charge is 2.26. The number of hydrogen-bond acceptors (Lipinski definition) is 1. The molecule has 0 amide bonds. The van der Waals surface area contributed by atoms with E-state index >= 15 is 0 Å². The van der Waals surface area contributed by atoms with Crippen LogP contribution in [0.1, 0.15) is 56.6 Å². The van der Waals surface area contributed by atoms with Crippen molar-refractivity contribution in [3.8, 4) is 11.8 Å². The predicted octanol–water partition coefficient (Wildman–Crippen LogP) is 2.70. The molecule has 1 N–H and O–H groups in total. The van der Waals surface area contributed by atoms with Crippen LogP contribution in [0.4, 0.5) is 0 Å². The van der Waals surface area contributed by atoms with Crippen molar-refractivity contribution in [3.05, 3.63) is 41.7 Å². The van der Waals surface area contributed by atoms with Crippen molar-refractivity contribution in [2.45, 2.75) is 51.0 Å². The van der Waals surface area contributed by atoms with E-state index in [2.05, 4.69) is 35.0 Å². The van der Waals surface area contributed by atoms with Gasteiger partial charge in [0.25, 0.3) is 0 Å². The second-order valence-electron chi connectivity index (χ2n) is 6.20. The maximum atomic E-state index is 4.29. The predicted molar refractivity (Wildman–Crippen MR) is 85.9 cm³/mol. The van der Waals surface area contributed by atoms with Crippen molar-refractivity contribution in [2.24, 2.45) is 0 Å². The number of rotatable bonds is 2. The van der Waals surface area contributed by atoms with Gasteiger partial charge < -0.3 is 4.90 Å². The lowest BCUT2D eigenvalue weighted by Gasteiger charge is -2.31. The number of hydrogen-bond donors (Lipinski definition) is 1. The molecule has 1 aromatic heterocycles. The average molecular weight is 281 g/mol. The van der Waals surface area contributed by atoms with E-state index in [9.17, 15) is 0 Å². The Hall–Kier alpha value is -1.59. The van der Waals surface area contributed by atoms with Crippen LogP contribution in [0.15, 0.2) is 36.2 Å². The topological polar surface area (TPSA) is 17.3 Å². The first kappa shape index (κ1) is 14.4. The van der Waals surface area contributed by atoms with E-state index in [1.807, 2.05) is 12.4 Å². The van der Waals surface area contributed by atoms with Gasteiger partial charge in [-0.25, -0.2) is 0 Å². The van der Waals surface area contributed by atoms with Crippen LogP contribution in [0.25, 0.3) is 0 Å². The lowest BCUT2D eigenvalue weighted by molar-refractivity contribution is -0.930. The molecule has 2 atom stereocenters. The minimum atomic E-state index is 0.585. The summed E-state index contributed by atoms with van der Waals surface area (Å²) in [4.78, 5) is 5.91. The first-order valence-electron chi connectivity index (χ1n) is 8.36. The fourth-order valence-electron chi connectivity index (χ4n) is 3.50. The number of piperidine rings is 1. The molecule has 21 heavy (non-hydrogen) atoms. The van der Waals surface area contributed by atoms with Gasteiger partial charge in [-0.15, -0.1) is 0 Å². The number of likely N-dealkylation sites (tertiary alicyclic amines) is 1. The SMILES string of the molecule is C(#CC1=CCCCC1)C[NH+]1CCCC[C@H]1c1cccnc1. The first-order chi connectivity index (χ1) is 10.4. The van der Waals surface area contributed by atoms with Crippen LogP contribution < -0.4 is 4.90 Å². The molecule has 1 aliphatic carbocycles. The molecule has 0 aromatic carbocycles. The van der Waals surface area contributed by atoms with Crippen LogP contribution in [-0.4, -0.2) is 18.1 Å². The fourth-order valence-corrected chi connectivity index (χ4v) is 3.50. The summed E-state index contributed by atoms with van der Waals surface area (Å²) >= 11 is 0. The summed E-state index contributed by atoms with van der Waals surface area (Å²) in [6.07, 6.45) is 15.2. The van der Waals surface area contributed by atoms with Crippen molar-refractivity contribution in [1.29, 1.82) is 0 Å². The summed E-state index contributed by atoms with van der Waals surface area (Å²) in [5, 5.41) is 0. The molecule has 0 bridgehead atoms. The van der Waals surface area contributed by atoms with Crippen LogP contribution >= 0.6 is 0 Å². The third-order valence-corrected chi connectivity index (χ3v) is 4.68. The Balaban J connectivity index is 1.65. The Labute approximate surface area is 128 Å². The van der Waals surface area contributed by atoms with E-state index in [-0.39, 0.29) is 0 Å². The van der Waals surface area contributed by atoms with Gasteiger partial charge in [-0.1, -0.05) is 18.1 Å². The van der Waals surface area contributed by atoms with E-state index in [4.69, 9.17) is 0 Å². The third kappa shape index (κ3) is 3.95. The van der Waals surface area contributed by atoms with Gasteiger partial charge in [-0.2, -0.15) is 0 Å². The second-order valence-corrected chi connectivity index (χ2v) is 6.20. The van der Waals surface area contributed by atoms with Crippen LogP contribution in [0, 0.1) is 11.8 Å². The maximum absolute atomic E-state index is 4.29.